The molecule has 0 saturated carbocycles. The van der Waals surface area contributed by atoms with E-state index in [9.17, 15) is 0 Å². The smallest absolute Gasteiger partial charge is 0.0512 e. The van der Waals surface area contributed by atoms with Crippen molar-refractivity contribution in [3.63, 3.8) is 0 Å². The Balaban J connectivity index is 2.19. The van der Waals surface area contributed by atoms with Crippen molar-refractivity contribution in [2.24, 2.45) is 0 Å². The lowest BCUT2D eigenvalue weighted by Gasteiger charge is -2.21. The molecule has 0 aliphatic rings. The molecule has 0 fully saturated rings. The van der Waals surface area contributed by atoms with Gasteiger partial charge in [-0.1, -0.05) is 23.7 Å². The van der Waals surface area contributed by atoms with Gasteiger partial charge in [0.15, 0.2) is 0 Å². The molecule has 0 aliphatic carbocycles. The Morgan fingerprint density at radius 3 is 2.67 bits per heavy atom. The molecule has 0 aliphatic heterocycles. The van der Waals surface area contributed by atoms with Crippen LogP contribution in [0.1, 0.15) is 5.56 Å². The van der Waals surface area contributed by atoms with Crippen LogP contribution in [0.2, 0.25) is 5.02 Å². The fraction of sp³-hybridized carbons (Fsp3) is 0.143. The van der Waals surface area contributed by atoms with Gasteiger partial charge in [0.1, 0.15) is 0 Å². The first-order chi connectivity index (χ1) is 8.56. The van der Waals surface area contributed by atoms with E-state index in [1.165, 1.54) is 5.56 Å². The number of rotatable bonds is 3. The summed E-state index contributed by atoms with van der Waals surface area (Å²) in [5.74, 6) is 0. The first kappa shape index (κ1) is 13.2. The number of hydrogen-bond donors (Lipinski definition) is 1. The number of hydrogen-bond acceptors (Lipinski definition) is 2. The van der Waals surface area contributed by atoms with Gasteiger partial charge >= 0.3 is 0 Å². The molecule has 0 amide bonds. The third-order valence-electron chi connectivity index (χ3n) is 2.69. The summed E-state index contributed by atoms with van der Waals surface area (Å²) in [5.41, 5.74) is 8.76. The Morgan fingerprint density at radius 1 is 1.22 bits per heavy atom. The molecule has 94 valence electrons. The maximum atomic E-state index is 5.98. The van der Waals surface area contributed by atoms with Gasteiger partial charge in [-0.2, -0.15) is 0 Å². The maximum absolute atomic E-state index is 5.98. The van der Waals surface area contributed by atoms with Gasteiger partial charge in [0.25, 0.3) is 0 Å². The summed E-state index contributed by atoms with van der Waals surface area (Å²) in [6.07, 6.45) is 0. The fourth-order valence-electron chi connectivity index (χ4n) is 1.83. The third-order valence-corrected chi connectivity index (χ3v) is 3.56. The summed E-state index contributed by atoms with van der Waals surface area (Å²) in [5, 5.41) is 0.761. The highest BCUT2D eigenvalue weighted by Gasteiger charge is 2.06. The van der Waals surface area contributed by atoms with E-state index in [-0.39, 0.29) is 0 Å². The van der Waals surface area contributed by atoms with Crippen molar-refractivity contribution >= 4 is 38.9 Å². The van der Waals surface area contributed by atoms with Gasteiger partial charge in [-0.15, -0.1) is 0 Å². The van der Waals surface area contributed by atoms with Crippen LogP contribution < -0.4 is 10.6 Å². The topological polar surface area (TPSA) is 29.3 Å². The predicted molar refractivity (Wildman–Crippen MR) is 82.1 cm³/mol. The molecule has 4 heteroatoms. The average molecular weight is 326 g/mol. The molecule has 0 bridgehead atoms. The number of nitrogen functional groups attached to an aromatic ring is 1. The molecule has 0 aromatic heterocycles. The molecule has 0 unspecified atom stereocenters. The van der Waals surface area contributed by atoms with Gasteiger partial charge in [0.05, 0.1) is 5.69 Å². The van der Waals surface area contributed by atoms with Crippen LogP contribution >= 0.6 is 27.5 Å². The van der Waals surface area contributed by atoms with Gasteiger partial charge in [-0.3, -0.25) is 0 Å². The first-order valence-corrected chi connectivity index (χ1v) is 6.74. The molecule has 0 saturated heterocycles. The Hall–Kier alpha value is -1.19. The lowest BCUT2D eigenvalue weighted by molar-refractivity contribution is 0.920. The minimum Gasteiger partial charge on any atom is -0.399 e. The molecule has 2 N–H and O–H groups in total. The number of benzene rings is 2. The molecular weight excluding hydrogens is 312 g/mol. The molecule has 0 spiro atoms. The summed E-state index contributed by atoms with van der Waals surface area (Å²) in [6, 6.07) is 13.7. The highest BCUT2D eigenvalue weighted by molar-refractivity contribution is 9.10. The maximum Gasteiger partial charge on any atom is 0.0512 e. The van der Waals surface area contributed by atoms with Crippen molar-refractivity contribution in [2.75, 3.05) is 17.7 Å². The molecule has 0 atom stereocenters. The van der Waals surface area contributed by atoms with Gasteiger partial charge in [0, 0.05) is 28.8 Å². The Morgan fingerprint density at radius 2 is 2.00 bits per heavy atom. The van der Waals surface area contributed by atoms with Crippen LogP contribution in [0.5, 0.6) is 0 Å². The zero-order valence-corrected chi connectivity index (χ0v) is 12.4. The van der Waals surface area contributed by atoms with E-state index in [4.69, 9.17) is 17.3 Å². The van der Waals surface area contributed by atoms with Crippen molar-refractivity contribution < 1.29 is 0 Å². The fourth-order valence-corrected chi connectivity index (χ4v) is 2.74. The van der Waals surface area contributed by atoms with Crippen molar-refractivity contribution in [1.29, 1.82) is 0 Å². The van der Waals surface area contributed by atoms with E-state index in [0.29, 0.717) is 0 Å². The Kier molecular flexibility index (Phi) is 4.15. The minimum absolute atomic E-state index is 0.752. The van der Waals surface area contributed by atoms with Crippen molar-refractivity contribution in [3.05, 3.63) is 57.5 Å². The van der Waals surface area contributed by atoms with E-state index in [0.717, 1.165) is 27.4 Å². The van der Waals surface area contributed by atoms with Gasteiger partial charge in [0.2, 0.25) is 0 Å². The molecule has 2 rings (SSSR count). The largest absolute Gasteiger partial charge is 0.399 e. The standard InChI is InChI=1S/C14H14BrClN2/c1-18(9-10-3-2-4-11(16)7-10)14-6-5-12(17)8-13(14)15/h2-8H,9,17H2,1H3. The van der Waals surface area contributed by atoms with Gasteiger partial charge in [-0.05, 0) is 51.8 Å². The summed E-state index contributed by atoms with van der Waals surface area (Å²) in [6.45, 7) is 0.795. The summed E-state index contributed by atoms with van der Waals surface area (Å²) in [7, 11) is 2.04. The molecule has 18 heavy (non-hydrogen) atoms. The van der Waals surface area contributed by atoms with E-state index in [1.54, 1.807) is 0 Å². The van der Waals surface area contributed by atoms with Crippen LogP contribution in [-0.2, 0) is 6.54 Å². The highest BCUT2D eigenvalue weighted by atomic mass is 79.9. The summed E-state index contributed by atoms with van der Waals surface area (Å²) >= 11 is 9.51. The van der Waals surface area contributed by atoms with Crippen molar-refractivity contribution in [3.8, 4) is 0 Å². The van der Waals surface area contributed by atoms with E-state index < -0.39 is 0 Å². The van der Waals surface area contributed by atoms with Crippen LogP contribution in [0.25, 0.3) is 0 Å². The lowest BCUT2D eigenvalue weighted by atomic mass is 10.2. The molecular formula is C14H14BrClN2. The lowest BCUT2D eigenvalue weighted by Crippen LogP contribution is -2.16. The number of halogens is 2. The number of nitrogens with zero attached hydrogens (tertiary/aromatic N) is 1. The minimum atomic E-state index is 0.752. The average Bonchev–Trinajstić information content (AvgIpc) is 2.28. The van der Waals surface area contributed by atoms with Crippen molar-refractivity contribution in [1.82, 2.24) is 0 Å². The normalized spacial score (nSPS) is 10.4. The predicted octanol–water partition coefficient (Wildman–Crippen LogP) is 4.32. The van der Waals surface area contributed by atoms with Crippen LogP contribution in [0.15, 0.2) is 46.9 Å². The van der Waals surface area contributed by atoms with Crippen LogP contribution in [0, 0.1) is 0 Å². The summed E-state index contributed by atoms with van der Waals surface area (Å²) in [4.78, 5) is 2.15. The summed E-state index contributed by atoms with van der Waals surface area (Å²) < 4.78 is 0.993. The second-order valence-corrected chi connectivity index (χ2v) is 5.49. The van der Waals surface area contributed by atoms with Crippen LogP contribution in [0.4, 0.5) is 11.4 Å². The number of anilines is 2. The Labute approximate surface area is 120 Å². The van der Waals surface area contributed by atoms with E-state index in [1.807, 2.05) is 43.4 Å². The van der Waals surface area contributed by atoms with E-state index >= 15 is 0 Å². The third kappa shape index (κ3) is 3.18. The molecule has 2 aromatic rings. The van der Waals surface area contributed by atoms with E-state index in [2.05, 4.69) is 26.9 Å². The molecule has 2 nitrogen and oxygen atoms in total. The second kappa shape index (κ2) is 5.63. The SMILES string of the molecule is CN(Cc1cccc(Cl)c1)c1ccc(N)cc1Br. The van der Waals surface area contributed by atoms with Gasteiger partial charge < -0.3 is 10.6 Å². The zero-order chi connectivity index (χ0) is 13.1. The zero-order valence-electron chi connectivity index (χ0n) is 10.0. The van der Waals surface area contributed by atoms with Crippen LogP contribution in [-0.4, -0.2) is 7.05 Å². The Bertz CT molecular complexity index is 557. The van der Waals surface area contributed by atoms with Gasteiger partial charge in [-0.25, -0.2) is 0 Å². The number of nitrogens with two attached hydrogens (primary N) is 1. The van der Waals surface area contributed by atoms with Crippen LogP contribution in [0.3, 0.4) is 0 Å². The quantitative estimate of drug-likeness (QED) is 0.852. The highest BCUT2D eigenvalue weighted by Crippen LogP contribution is 2.28. The monoisotopic (exact) mass is 324 g/mol. The molecule has 0 radical (unpaired) electrons. The molecule has 2 aromatic carbocycles. The first-order valence-electron chi connectivity index (χ1n) is 5.57. The second-order valence-electron chi connectivity index (χ2n) is 4.20. The molecule has 0 heterocycles. The van der Waals surface area contributed by atoms with Crippen molar-refractivity contribution in [2.45, 2.75) is 6.54 Å².